The van der Waals surface area contributed by atoms with Crippen LogP contribution in [0, 0.1) is 17.6 Å². The minimum absolute atomic E-state index is 0.203. The molecule has 0 amide bonds. The second-order valence-electron chi connectivity index (χ2n) is 7.19. The number of carbonyl (C=O) groups is 1. The van der Waals surface area contributed by atoms with E-state index in [1.54, 1.807) is 6.92 Å². The summed E-state index contributed by atoms with van der Waals surface area (Å²) in [6.07, 6.45) is 1.95. The topological polar surface area (TPSA) is 72.0 Å². The van der Waals surface area contributed by atoms with Crippen molar-refractivity contribution >= 4 is 27.5 Å². The number of fused-ring (bicyclic) bond motifs is 3. The number of carbonyl (C=O) groups excluding carboxylic acids is 1. The molecule has 1 aliphatic rings. The summed E-state index contributed by atoms with van der Waals surface area (Å²) in [5, 5.41) is 0.612. The van der Waals surface area contributed by atoms with Crippen LogP contribution in [0.1, 0.15) is 53.0 Å². The van der Waals surface area contributed by atoms with Gasteiger partial charge < -0.3 is 9.72 Å². The third-order valence-electron chi connectivity index (χ3n) is 4.95. The Morgan fingerprint density at radius 1 is 1.32 bits per heavy atom. The normalized spacial score (nSPS) is 17.4. The molecule has 0 radical (unpaired) electrons. The summed E-state index contributed by atoms with van der Waals surface area (Å²) >= 11 is 1.50. The number of benzene rings is 1. The van der Waals surface area contributed by atoms with Crippen molar-refractivity contribution in [3.05, 3.63) is 62.0 Å². The fourth-order valence-corrected chi connectivity index (χ4v) is 4.90. The van der Waals surface area contributed by atoms with E-state index in [4.69, 9.17) is 4.74 Å². The van der Waals surface area contributed by atoms with E-state index in [1.165, 1.54) is 16.2 Å². The molecule has 4 rings (SSSR count). The van der Waals surface area contributed by atoms with Gasteiger partial charge in [0, 0.05) is 10.9 Å². The van der Waals surface area contributed by atoms with E-state index in [9.17, 15) is 18.4 Å². The predicted molar refractivity (Wildman–Crippen MR) is 102 cm³/mol. The largest absolute Gasteiger partial charge is 0.451 e. The van der Waals surface area contributed by atoms with Crippen molar-refractivity contribution in [2.45, 2.75) is 39.2 Å². The lowest BCUT2D eigenvalue weighted by Crippen LogP contribution is -2.18. The number of aromatic amines is 1. The zero-order valence-corrected chi connectivity index (χ0v) is 16.2. The van der Waals surface area contributed by atoms with Crippen LogP contribution < -0.4 is 5.56 Å². The van der Waals surface area contributed by atoms with Gasteiger partial charge in [0.25, 0.3) is 5.56 Å². The van der Waals surface area contributed by atoms with Crippen molar-refractivity contribution in [3.63, 3.8) is 0 Å². The number of thiophene rings is 1. The molecule has 5 nitrogen and oxygen atoms in total. The molecule has 3 aromatic rings. The van der Waals surface area contributed by atoms with E-state index >= 15 is 0 Å². The Balaban J connectivity index is 1.63. The van der Waals surface area contributed by atoms with E-state index < -0.39 is 23.7 Å². The van der Waals surface area contributed by atoms with Gasteiger partial charge in [-0.25, -0.2) is 18.6 Å². The van der Waals surface area contributed by atoms with Crippen LogP contribution in [0.3, 0.4) is 0 Å². The highest BCUT2D eigenvalue weighted by molar-refractivity contribution is 7.18. The highest BCUT2D eigenvalue weighted by atomic mass is 32.1. The van der Waals surface area contributed by atoms with Crippen molar-refractivity contribution in [2.24, 2.45) is 5.92 Å². The molecule has 1 aromatic carbocycles. The average Bonchev–Trinajstić information content (AvgIpc) is 2.98. The Bertz CT molecular complexity index is 1120. The number of rotatable bonds is 3. The Morgan fingerprint density at radius 2 is 2.04 bits per heavy atom. The highest BCUT2D eigenvalue weighted by Gasteiger charge is 2.24. The summed E-state index contributed by atoms with van der Waals surface area (Å²) in [7, 11) is 0. The van der Waals surface area contributed by atoms with Crippen LogP contribution in [0.15, 0.2) is 23.0 Å². The van der Waals surface area contributed by atoms with Gasteiger partial charge in [-0.15, -0.1) is 11.3 Å². The zero-order valence-electron chi connectivity index (χ0n) is 15.3. The van der Waals surface area contributed by atoms with Crippen molar-refractivity contribution in [2.75, 3.05) is 0 Å². The summed E-state index contributed by atoms with van der Waals surface area (Å²) in [6.45, 7) is 3.74. The third kappa shape index (κ3) is 3.44. The Hall–Kier alpha value is -2.61. The predicted octanol–water partition coefficient (Wildman–Crippen LogP) is 4.31. The lowest BCUT2D eigenvalue weighted by molar-refractivity contribution is 0.0319. The maximum absolute atomic E-state index is 13.3. The van der Waals surface area contributed by atoms with E-state index in [0.29, 0.717) is 22.2 Å². The highest BCUT2D eigenvalue weighted by Crippen LogP contribution is 2.36. The van der Waals surface area contributed by atoms with Crippen molar-refractivity contribution < 1.29 is 18.3 Å². The molecule has 0 spiro atoms. The minimum Gasteiger partial charge on any atom is -0.451 e. The number of ether oxygens (including phenoxy) is 1. The molecular weight excluding hydrogens is 386 g/mol. The van der Waals surface area contributed by atoms with Gasteiger partial charge in [-0.2, -0.15) is 0 Å². The second kappa shape index (κ2) is 7.09. The van der Waals surface area contributed by atoms with E-state index in [1.807, 2.05) is 0 Å². The van der Waals surface area contributed by atoms with Crippen LogP contribution in [0.4, 0.5) is 8.78 Å². The molecule has 0 aliphatic heterocycles. The quantitative estimate of drug-likeness (QED) is 0.661. The van der Waals surface area contributed by atoms with Crippen LogP contribution in [0.2, 0.25) is 0 Å². The first-order valence-electron chi connectivity index (χ1n) is 9.03. The fourth-order valence-electron chi connectivity index (χ4n) is 3.51. The summed E-state index contributed by atoms with van der Waals surface area (Å²) in [6, 6.07) is 2.46. The average molecular weight is 404 g/mol. The number of H-pyrrole nitrogens is 1. The van der Waals surface area contributed by atoms with Crippen molar-refractivity contribution in [3.8, 4) is 0 Å². The number of esters is 1. The molecular formula is C20H18F2N2O3S. The molecule has 28 heavy (non-hydrogen) atoms. The summed E-state index contributed by atoms with van der Waals surface area (Å²) in [4.78, 5) is 33.8. The van der Waals surface area contributed by atoms with Crippen LogP contribution in [-0.4, -0.2) is 15.9 Å². The summed E-state index contributed by atoms with van der Waals surface area (Å²) in [5.41, 5.74) is 0.568. The van der Waals surface area contributed by atoms with Crippen LogP contribution in [0.25, 0.3) is 10.2 Å². The number of hydrogen-bond acceptors (Lipinski definition) is 5. The van der Waals surface area contributed by atoms with Gasteiger partial charge in [-0.3, -0.25) is 4.79 Å². The van der Waals surface area contributed by atoms with Crippen LogP contribution in [-0.2, 0) is 17.6 Å². The Kier molecular flexibility index (Phi) is 4.74. The molecule has 0 unspecified atom stereocenters. The molecule has 1 N–H and O–H groups in total. The summed E-state index contributed by atoms with van der Waals surface area (Å²) < 4.78 is 31.9. The fraction of sp³-hybridized carbons (Fsp3) is 0.350. The van der Waals surface area contributed by atoms with Gasteiger partial charge in [-0.1, -0.05) is 6.92 Å². The molecule has 0 bridgehead atoms. The van der Waals surface area contributed by atoms with Crippen LogP contribution in [0.5, 0.6) is 0 Å². The van der Waals surface area contributed by atoms with Gasteiger partial charge in [0.15, 0.2) is 11.9 Å². The smallest absolute Gasteiger partial charge is 0.339 e. The monoisotopic (exact) mass is 404 g/mol. The molecule has 2 atom stereocenters. The van der Waals surface area contributed by atoms with Gasteiger partial charge in [0.1, 0.15) is 16.5 Å². The lowest BCUT2D eigenvalue weighted by atomic mass is 9.89. The second-order valence-corrected chi connectivity index (χ2v) is 8.27. The van der Waals surface area contributed by atoms with E-state index in [0.717, 1.165) is 37.0 Å². The Morgan fingerprint density at radius 3 is 2.75 bits per heavy atom. The summed E-state index contributed by atoms with van der Waals surface area (Å²) in [5.74, 6) is -1.86. The molecule has 0 saturated heterocycles. The number of nitrogens with zero attached hydrogens (tertiary/aromatic N) is 1. The molecule has 8 heteroatoms. The SMILES string of the molecule is C[C@H]1CCc2c(sc3nc([C@H](C)OC(=O)c4cc(F)cc(F)c4)[nH]c(=O)c23)C1. The van der Waals surface area contributed by atoms with Gasteiger partial charge in [0.2, 0.25) is 0 Å². The number of nitrogens with one attached hydrogen (secondary N) is 1. The standard InChI is InChI=1S/C20H18F2N2O3S/c1-9-3-4-14-15(5-9)28-19-16(14)18(25)23-17(24-19)10(2)27-20(26)11-6-12(21)8-13(22)7-11/h6-10H,3-5H2,1-2H3,(H,23,24,25)/t9-,10-/m0/s1. The third-order valence-corrected chi connectivity index (χ3v) is 6.10. The van der Waals surface area contributed by atoms with Crippen LogP contribution >= 0.6 is 11.3 Å². The first-order chi connectivity index (χ1) is 13.3. The number of aromatic nitrogens is 2. The maximum Gasteiger partial charge on any atom is 0.339 e. The molecule has 1 aliphatic carbocycles. The maximum atomic E-state index is 13.3. The Labute approximate surface area is 163 Å². The van der Waals surface area contributed by atoms with E-state index in [2.05, 4.69) is 16.9 Å². The number of halogens is 2. The van der Waals surface area contributed by atoms with Crippen molar-refractivity contribution in [1.29, 1.82) is 0 Å². The first-order valence-corrected chi connectivity index (χ1v) is 9.85. The van der Waals surface area contributed by atoms with E-state index in [-0.39, 0.29) is 16.9 Å². The zero-order chi connectivity index (χ0) is 20.0. The van der Waals surface area contributed by atoms with Gasteiger partial charge in [0.05, 0.1) is 10.9 Å². The minimum atomic E-state index is -0.895. The number of aryl methyl sites for hydroxylation is 1. The molecule has 146 valence electrons. The molecule has 0 fully saturated rings. The van der Waals surface area contributed by atoms with Gasteiger partial charge >= 0.3 is 5.97 Å². The first kappa shape index (κ1) is 18.7. The molecule has 2 aromatic heterocycles. The molecule has 2 heterocycles. The lowest BCUT2D eigenvalue weighted by Gasteiger charge is -2.17. The van der Waals surface area contributed by atoms with Crippen molar-refractivity contribution in [1.82, 2.24) is 9.97 Å². The number of hydrogen-bond donors (Lipinski definition) is 1. The molecule has 0 saturated carbocycles. The van der Waals surface area contributed by atoms with Gasteiger partial charge in [-0.05, 0) is 49.8 Å².